The molecule has 0 fully saturated rings. The maximum absolute atomic E-state index is 18.8. The molecule has 0 N–H and O–H groups in total. The Hall–Kier alpha value is -3.17. The Morgan fingerprint density at radius 2 is 0.463 bits per heavy atom. The molecule has 0 atom stereocenters. The van der Waals surface area contributed by atoms with E-state index in [1.54, 1.807) is 0 Å². The molecule has 0 aromatic heterocycles. The smallest absolute Gasteiger partial charge is 0.417 e. The van der Waals surface area contributed by atoms with Crippen molar-refractivity contribution in [3.63, 3.8) is 0 Å². The van der Waals surface area contributed by atoms with Gasteiger partial charge in [0, 0.05) is 69.9 Å². The lowest BCUT2D eigenvalue weighted by atomic mass is 9.68. The minimum atomic E-state index is -5.43. The lowest BCUT2D eigenvalue weighted by molar-refractivity contribution is 0.111. The fraction of sp³-hybridized carbons (Fsp3) is 0.741. The summed E-state index contributed by atoms with van der Waals surface area (Å²) in [6, 6.07) is 0. The molecule has 0 spiro atoms. The number of hydrogen-bond donors (Lipinski definition) is 0. The molecule has 3 rings (SSSR count). The molecule has 0 unspecified atom stereocenters. The highest BCUT2D eigenvalue weighted by Crippen LogP contribution is 2.63. The van der Waals surface area contributed by atoms with Gasteiger partial charge in [-0.25, -0.2) is 0 Å². The van der Waals surface area contributed by atoms with E-state index in [1.807, 2.05) is 0 Å². The zero-order chi connectivity index (χ0) is 75.0. The Bertz CT molecular complexity index is 3000. The minimum Gasteiger partial charge on any atom is -0.417 e. The van der Waals surface area contributed by atoms with E-state index in [2.05, 4.69) is 289 Å². The summed E-state index contributed by atoms with van der Waals surface area (Å²) in [4.78, 5) is 43.5. The number of carbonyl (C=O) groups excluding carboxylic acids is 3. The number of rotatable bonds is 24. The molecule has 0 radical (unpaired) electrons. The predicted octanol–water partition coefficient (Wildman–Crippen LogP) is 24.5. The van der Waals surface area contributed by atoms with Gasteiger partial charge in [0.05, 0.1) is 0 Å². The van der Waals surface area contributed by atoms with Crippen LogP contribution in [0.3, 0.4) is 0 Å². The number of aldehydes is 3. The average Bonchev–Trinajstić information content (AvgIpc) is 0.725. The van der Waals surface area contributed by atoms with Crippen molar-refractivity contribution in [2.24, 2.45) is 0 Å². The third-order valence-corrected chi connectivity index (χ3v) is 36.5. The number of phosphoric acid groups is 1. The van der Waals surface area contributed by atoms with Gasteiger partial charge in [-0.2, -0.15) is 4.57 Å². The average molecular weight is 1390 g/mol. The normalized spacial score (nSPS) is 14.5. The lowest BCUT2D eigenvalue weighted by Gasteiger charge is -2.42. The van der Waals surface area contributed by atoms with Crippen LogP contribution in [0.5, 0.6) is 17.2 Å². The van der Waals surface area contributed by atoms with Crippen LogP contribution in [0.4, 0.5) is 0 Å². The van der Waals surface area contributed by atoms with Crippen molar-refractivity contribution < 1.29 is 45.8 Å². The summed E-state index contributed by atoms with van der Waals surface area (Å²) in [5.74, 6) is 0.680. The topological polar surface area (TPSA) is 124 Å². The lowest BCUT2D eigenvalue weighted by Crippen LogP contribution is -2.41. The fourth-order valence-corrected chi connectivity index (χ4v) is 18.4. The molecule has 0 aliphatic heterocycles. The summed E-state index contributed by atoms with van der Waals surface area (Å²) in [5.41, 5.74) is 3.84. The van der Waals surface area contributed by atoms with Gasteiger partial charge in [0.1, 0.15) is 17.2 Å². The summed E-state index contributed by atoms with van der Waals surface area (Å²) < 4.78 is 63.6. The van der Waals surface area contributed by atoms with Gasteiger partial charge < -0.3 is 26.8 Å². The summed E-state index contributed by atoms with van der Waals surface area (Å²) in [6.45, 7) is 92.2. The summed E-state index contributed by atoms with van der Waals surface area (Å²) in [7, 11) is -12.2. The van der Waals surface area contributed by atoms with Crippen molar-refractivity contribution in [1.29, 1.82) is 0 Å². The first-order valence-electron chi connectivity index (χ1n) is 35.5. The van der Waals surface area contributed by atoms with Crippen LogP contribution in [0.25, 0.3) is 0 Å². The third-order valence-electron chi connectivity index (χ3n) is 21.7. The first-order chi connectivity index (χ1) is 41.8. The van der Waals surface area contributed by atoms with Gasteiger partial charge in [0.15, 0.2) is 43.8 Å². The van der Waals surface area contributed by atoms with E-state index in [1.165, 1.54) is 0 Å². The van der Waals surface area contributed by atoms with Crippen LogP contribution in [-0.2, 0) is 66.6 Å². The molecular weight excluding hydrogens is 1250 g/mol. The summed E-state index contributed by atoms with van der Waals surface area (Å²) in [5, 5.41) is -0.162. The van der Waals surface area contributed by atoms with Gasteiger partial charge >= 0.3 is 7.82 Å². The van der Waals surface area contributed by atoms with Crippen molar-refractivity contribution in [3.05, 3.63) is 83.5 Å². The molecule has 10 nitrogen and oxygen atoms in total. The van der Waals surface area contributed by atoms with Crippen molar-refractivity contribution in [2.45, 2.75) is 372 Å². The van der Waals surface area contributed by atoms with Crippen LogP contribution >= 0.6 is 7.82 Å². The standard InChI is InChI=1S/C81H141O10PSi3/c1-52-58(70(4,5)6)55(49-82)64(73(13,14)15)67(61(52)79(31,32)43-46-86-93(37,38)76(22,23)24)89-92(85,90-68-62(80(33,34)44-47-87-94(39,40)77(25,26)27)53(2)59(71(7,8)9)56(50-83)65(68)74(16,17)18)91-69-63(81(35,36)45-48-88-95(41,42)78(28,29)30)54(3)60(72(10,11)12)57(51-84)66(69)75(19,20)21/h49-51H,43-48H2,1-42H3. The van der Waals surface area contributed by atoms with Crippen LogP contribution < -0.4 is 13.6 Å². The highest BCUT2D eigenvalue weighted by atomic mass is 31.2. The van der Waals surface area contributed by atoms with E-state index < -0.39 is 81.5 Å². The number of phosphoric ester groups is 1. The van der Waals surface area contributed by atoms with E-state index in [0.717, 1.165) is 68.9 Å². The van der Waals surface area contributed by atoms with Crippen molar-refractivity contribution >= 4 is 51.6 Å². The maximum Gasteiger partial charge on any atom is 0.647 e. The Kier molecular flexibility index (Phi) is 25.4. The number of benzene rings is 3. The van der Waals surface area contributed by atoms with Crippen LogP contribution in [0, 0.1) is 20.8 Å². The van der Waals surface area contributed by atoms with Gasteiger partial charge in [0.2, 0.25) is 0 Å². The van der Waals surface area contributed by atoms with Gasteiger partial charge in [-0.3, -0.25) is 14.4 Å². The van der Waals surface area contributed by atoms with Gasteiger partial charge in [-0.15, -0.1) is 0 Å². The van der Waals surface area contributed by atoms with E-state index in [4.69, 9.17) is 26.8 Å². The van der Waals surface area contributed by atoms with E-state index in [0.29, 0.717) is 72.5 Å². The molecule has 0 amide bonds. The van der Waals surface area contributed by atoms with Crippen LogP contribution in [-0.4, -0.2) is 63.6 Å². The molecule has 3 aromatic rings. The molecular formula is C81H141O10PSi3. The van der Waals surface area contributed by atoms with E-state index in [-0.39, 0.29) is 32.4 Å². The molecule has 0 heterocycles. The van der Waals surface area contributed by atoms with Crippen LogP contribution in [0.2, 0.25) is 54.4 Å². The molecule has 3 aromatic carbocycles. The SMILES string of the molecule is Cc1c(C(C)(C)C)c(C=O)c(C(C)(C)C)c(OP(=O)(Oc2c(C(C)(C)C)c(C=O)c(C(C)(C)C)c(C)c2C(C)(C)CCO[Si](C)(C)C(C)(C)C)Oc2c(C(C)(C)C)c(C=O)c(C(C)(C)C)c(C)c2C(C)(C)CCO[Si](C)(C)C(C)(C)C)c1C(C)(C)CCO[Si](C)(C)C(C)(C)C. The highest BCUT2D eigenvalue weighted by Gasteiger charge is 2.51. The van der Waals surface area contributed by atoms with Crippen molar-refractivity contribution in [2.75, 3.05) is 19.8 Å². The second kappa shape index (κ2) is 28.0. The van der Waals surface area contributed by atoms with Crippen LogP contribution in [0.1, 0.15) is 346 Å². The molecule has 95 heavy (non-hydrogen) atoms. The summed E-state index contributed by atoms with van der Waals surface area (Å²) >= 11 is 0. The Morgan fingerprint density at radius 1 is 0.295 bits per heavy atom. The van der Waals surface area contributed by atoms with Crippen molar-refractivity contribution in [3.8, 4) is 17.2 Å². The Balaban J connectivity index is 3.17. The monoisotopic (exact) mass is 1390 g/mol. The molecule has 0 saturated heterocycles. The number of carbonyl (C=O) groups is 3. The molecule has 14 heteroatoms. The van der Waals surface area contributed by atoms with E-state index >= 15 is 4.57 Å². The Morgan fingerprint density at radius 3 is 0.600 bits per heavy atom. The van der Waals surface area contributed by atoms with Crippen LogP contribution in [0.15, 0.2) is 0 Å². The second-order valence-electron chi connectivity index (χ2n) is 40.8. The minimum absolute atomic E-state index is 0.0540. The van der Waals surface area contributed by atoms with Crippen molar-refractivity contribution in [1.82, 2.24) is 0 Å². The van der Waals surface area contributed by atoms with Gasteiger partial charge in [-0.05, 0) is 177 Å². The zero-order valence-electron chi connectivity index (χ0n) is 69.0. The molecule has 0 aliphatic carbocycles. The molecule has 0 bridgehead atoms. The fourth-order valence-electron chi connectivity index (χ4n) is 13.9. The molecule has 0 aliphatic rings. The maximum atomic E-state index is 18.8. The zero-order valence-corrected chi connectivity index (χ0v) is 72.9. The highest BCUT2D eigenvalue weighted by molar-refractivity contribution is 7.49. The molecule has 542 valence electrons. The largest absolute Gasteiger partial charge is 0.647 e. The molecule has 0 saturated carbocycles. The first kappa shape index (κ1) is 86.1. The quantitative estimate of drug-likeness (QED) is 0.0486. The number of hydrogen-bond acceptors (Lipinski definition) is 10. The predicted molar refractivity (Wildman–Crippen MR) is 414 cm³/mol. The third kappa shape index (κ3) is 18.9. The Labute approximate surface area is 586 Å². The first-order valence-corrected chi connectivity index (χ1v) is 45.6. The summed E-state index contributed by atoms with van der Waals surface area (Å²) in [6.07, 6.45) is 4.43. The second-order valence-corrected chi connectivity index (χ2v) is 56.7. The van der Waals surface area contributed by atoms with E-state index in [9.17, 15) is 14.4 Å². The van der Waals surface area contributed by atoms with Gasteiger partial charge in [0.25, 0.3) is 0 Å². The van der Waals surface area contributed by atoms with Gasteiger partial charge in [-0.1, -0.05) is 228 Å².